The predicted molar refractivity (Wildman–Crippen MR) is 64.8 cm³/mol. The zero-order valence-corrected chi connectivity index (χ0v) is 11.4. The smallest absolute Gasteiger partial charge is 0.407 e. The molecule has 0 fully saturated rings. The Morgan fingerprint density at radius 2 is 1.65 bits per heavy atom. The van der Waals surface area contributed by atoms with Crippen molar-refractivity contribution in [2.75, 3.05) is 0 Å². The van der Waals surface area contributed by atoms with Gasteiger partial charge in [-0.3, -0.25) is 4.79 Å². The van der Waals surface area contributed by atoms with Gasteiger partial charge in [0.15, 0.2) is 0 Å². The van der Waals surface area contributed by atoms with Crippen LogP contribution in [-0.2, 0) is 9.53 Å². The molecule has 0 radical (unpaired) electrons. The minimum absolute atomic E-state index is 0.0579. The maximum absolute atomic E-state index is 11.5. The van der Waals surface area contributed by atoms with Gasteiger partial charge >= 0.3 is 12.1 Å². The summed E-state index contributed by atoms with van der Waals surface area (Å²) in [5, 5.41) is 11.6. The van der Waals surface area contributed by atoms with Crippen molar-refractivity contribution in [2.24, 2.45) is 11.8 Å². The second-order valence-electron chi connectivity index (χ2n) is 5.54. The van der Waals surface area contributed by atoms with E-state index in [2.05, 4.69) is 5.32 Å². The van der Waals surface area contributed by atoms with E-state index in [1.54, 1.807) is 27.7 Å². The van der Waals surface area contributed by atoms with E-state index < -0.39 is 29.6 Å². The number of carbonyl (C=O) groups excluding carboxylic acids is 1. The van der Waals surface area contributed by atoms with Crippen molar-refractivity contribution in [2.45, 2.75) is 53.2 Å². The maximum Gasteiger partial charge on any atom is 0.407 e. The number of hydrogen-bond donors (Lipinski definition) is 2. The third-order valence-corrected chi connectivity index (χ3v) is 2.29. The number of carboxylic acid groups (broad SMARTS) is 1. The highest BCUT2D eigenvalue weighted by Crippen LogP contribution is 2.16. The van der Waals surface area contributed by atoms with Crippen LogP contribution in [0.2, 0.25) is 0 Å². The van der Waals surface area contributed by atoms with E-state index in [4.69, 9.17) is 9.84 Å². The number of carbonyl (C=O) groups is 2. The van der Waals surface area contributed by atoms with Crippen molar-refractivity contribution in [3.8, 4) is 0 Å². The molecule has 0 aromatic heterocycles. The highest BCUT2D eigenvalue weighted by atomic mass is 16.6. The molecule has 2 atom stereocenters. The Balaban J connectivity index is 4.46. The molecule has 0 saturated heterocycles. The summed E-state index contributed by atoms with van der Waals surface area (Å²) in [6.07, 6.45) is -0.586. The monoisotopic (exact) mass is 245 g/mol. The number of hydrogen-bond acceptors (Lipinski definition) is 3. The molecule has 0 aliphatic rings. The number of aliphatic carboxylic acids is 1. The Hall–Kier alpha value is -1.26. The summed E-state index contributed by atoms with van der Waals surface area (Å²) in [7, 11) is 0. The molecule has 2 N–H and O–H groups in total. The van der Waals surface area contributed by atoms with Crippen LogP contribution in [0.15, 0.2) is 0 Å². The Bertz CT molecular complexity index is 281. The summed E-state index contributed by atoms with van der Waals surface area (Å²) in [5.41, 5.74) is -0.583. The van der Waals surface area contributed by atoms with E-state index >= 15 is 0 Å². The summed E-state index contributed by atoms with van der Waals surface area (Å²) >= 11 is 0. The summed E-state index contributed by atoms with van der Waals surface area (Å²) in [5.74, 6) is -1.59. The molecule has 5 nitrogen and oxygen atoms in total. The number of alkyl carbamates (subject to hydrolysis) is 1. The van der Waals surface area contributed by atoms with Crippen molar-refractivity contribution in [1.29, 1.82) is 0 Å². The Kier molecular flexibility index (Phi) is 5.45. The van der Waals surface area contributed by atoms with E-state index in [0.29, 0.717) is 0 Å². The van der Waals surface area contributed by atoms with Crippen molar-refractivity contribution in [1.82, 2.24) is 5.32 Å². The lowest BCUT2D eigenvalue weighted by molar-refractivity contribution is -0.144. The lowest BCUT2D eigenvalue weighted by Gasteiger charge is -2.26. The first-order valence-corrected chi connectivity index (χ1v) is 5.77. The van der Waals surface area contributed by atoms with Crippen LogP contribution in [0.4, 0.5) is 4.79 Å². The van der Waals surface area contributed by atoms with Crippen LogP contribution in [0.25, 0.3) is 0 Å². The van der Waals surface area contributed by atoms with E-state index in [9.17, 15) is 9.59 Å². The fourth-order valence-electron chi connectivity index (χ4n) is 1.66. The van der Waals surface area contributed by atoms with Crippen LogP contribution < -0.4 is 5.32 Å². The first kappa shape index (κ1) is 15.7. The van der Waals surface area contributed by atoms with Crippen LogP contribution >= 0.6 is 0 Å². The normalized spacial score (nSPS) is 15.2. The number of carboxylic acids is 1. The van der Waals surface area contributed by atoms with Gasteiger partial charge in [0, 0.05) is 6.04 Å². The van der Waals surface area contributed by atoms with Gasteiger partial charge in [-0.05, 0) is 33.6 Å². The van der Waals surface area contributed by atoms with Crippen molar-refractivity contribution in [3.05, 3.63) is 0 Å². The molecule has 0 rings (SSSR count). The molecular weight excluding hydrogens is 222 g/mol. The molecule has 0 saturated carbocycles. The van der Waals surface area contributed by atoms with Crippen LogP contribution in [0.1, 0.15) is 41.5 Å². The Morgan fingerprint density at radius 1 is 1.18 bits per heavy atom. The molecule has 1 amide bonds. The summed E-state index contributed by atoms with van der Waals surface area (Å²) < 4.78 is 5.08. The third kappa shape index (κ3) is 6.14. The minimum Gasteiger partial charge on any atom is -0.481 e. The average molecular weight is 245 g/mol. The van der Waals surface area contributed by atoms with Gasteiger partial charge < -0.3 is 15.2 Å². The van der Waals surface area contributed by atoms with Crippen molar-refractivity contribution < 1.29 is 19.4 Å². The fraction of sp³-hybridized carbons (Fsp3) is 0.833. The van der Waals surface area contributed by atoms with Gasteiger partial charge in [0.2, 0.25) is 0 Å². The number of rotatable bonds is 4. The van der Waals surface area contributed by atoms with Crippen LogP contribution in [0, 0.1) is 11.8 Å². The highest BCUT2D eigenvalue weighted by Gasteiger charge is 2.30. The first-order chi connectivity index (χ1) is 7.54. The second-order valence-corrected chi connectivity index (χ2v) is 5.54. The van der Waals surface area contributed by atoms with Gasteiger partial charge in [0.05, 0.1) is 5.92 Å². The average Bonchev–Trinajstić information content (AvgIpc) is 1.96. The molecule has 0 aromatic rings. The van der Waals surface area contributed by atoms with E-state index in [-0.39, 0.29) is 5.92 Å². The van der Waals surface area contributed by atoms with Crippen LogP contribution in [-0.4, -0.2) is 28.8 Å². The molecule has 0 bridgehead atoms. The van der Waals surface area contributed by atoms with Crippen molar-refractivity contribution in [3.63, 3.8) is 0 Å². The van der Waals surface area contributed by atoms with Gasteiger partial charge in [0.1, 0.15) is 5.60 Å². The van der Waals surface area contributed by atoms with Gasteiger partial charge in [0.25, 0.3) is 0 Å². The largest absolute Gasteiger partial charge is 0.481 e. The first-order valence-electron chi connectivity index (χ1n) is 5.77. The molecular formula is C12H23NO4. The third-order valence-electron chi connectivity index (χ3n) is 2.29. The fourth-order valence-corrected chi connectivity index (χ4v) is 1.66. The SMILES string of the molecule is CC(C)C(C(=O)O)C(C)NC(=O)OC(C)(C)C. The van der Waals surface area contributed by atoms with Gasteiger partial charge in [-0.2, -0.15) is 0 Å². The molecule has 5 heteroatoms. The highest BCUT2D eigenvalue weighted by molar-refractivity contribution is 5.73. The zero-order chi connectivity index (χ0) is 13.8. The lowest BCUT2D eigenvalue weighted by atomic mass is 9.89. The Labute approximate surface area is 103 Å². The van der Waals surface area contributed by atoms with E-state index in [1.807, 2.05) is 13.8 Å². The predicted octanol–water partition coefficient (Wildman–Crippen LogP) is 2.26. The van der Waals surface area contributed by atoms with Gasteiger partial charge in [-0.25, -0.2) is 4.79 Å². The quantitative estimate of drug-likeness (QED) is 0.796. The number of nitrogens with one attached hydrogen (secondary N) is 1. The van der Waals surface area contributed by atoms with Crippen molar-refractivity contribution >= 4 is 12.1 Å². The molecule has 2 unspecified atom stereocenters. The summed E-state index contributed by atoms with van der Waals surface area (Å²) in [6, 6.07) is -0.470. The number of ether oxygens (including phenoxy) is 1. The lowest BCUT2D eigenvalue weighted by Crippen LogP contribution is -2.45. The summed E-state index contributed by atoms with van der Waals surface area (Å²) in [4.78, 5) is 22.5. The van der Waals surface area contributed by atoms with Crippen LogP contribution in [0.3, 0.4) is 0 Å². The van der Waals surface area contributed by atoms with Gasteiger partial charge in [-0.15, -0.1) is 0 Å². The second kappa shape index (κ2) is 5.89. The molecule has 0 heterocycles. The van der Waals surface area contributed by atoms with Gasteiger partial charge in [-0.1, -0.05) is 13.8 Å². The molecule has 17 heavy (non-hydrogen) atoms. The molecule has 0 aromatic carbocycles. The molecule has 0 spiro atoms. The molecule has 0 aliphatic carbocycles. The summed E-state index contributed by atoms with van der Waals surface area (Å²) in [6.45, 7) is 10.6. The van der Waals surface area contributed by atoms with E-state index in [0.717, 1.165) is 0 Å². The minimum atomic E-state index is -0.913. The number of amides is 1. The molecule has 100 valence electrons. The van der Waals surface area contributed by atoms with Crippen LogP contribution in [0.5, 0.6) is 0 Å². The maximum atomic E-state index is 11.5. The Morgan fingerprint density at radius 3 is 1.94 bits per heavy atom. The molecule has 0 aliphatic heterocycles. The standard InChI is InChI=1S/C12H23NO4/c1-7(2)9(10(14)15)8(3)13-11(16)17-12(4,5)6/h7-9H,1-6H3,(H,13,16)(H,14,15). The zero-order valence-electron chi connectivity index (χ0n) is 11.4. The topological polar surface area (TPSA) is 75.6 Å². The van der Waals surface area contributed by atoms with E-state index in [1.165, 1.54) is 0 Å².